The maximum absolute atomic E-state index is 9.09. The minimum absolute atomic E-state index is 0.455. The van der Waals surface area contributed by atoms with Gasteiger partial charge in [0.15, 0.2) is 5.69 Å². The van der Waals surface area contributed by atoms with E-state index in [2.05, 4.69) is 4.85 Å². The molecule has 3 nitrogen and oxygen atoms in total. The first-order valence-corrected chi connectivity index (χ1v) is 5.15. The molecular formula is C13H10BNO2. The van der Waals surface area contributed by atoms with E-state index in [1.807, 2.05) is 18.2 Å². The van der Waals surface area contributed by atoms with Gasteiger partial charge in [-0.3, -0.25) is 0 Å². The van der Waals surface area contributed by atoms with Gasteiger partial charge in [-0.25, -0.2) is 4.85 Å². The lowest BCUT2D eigenvalue weighted by atomic mass is 9.79. The third-order valence-electron chi connectivity index (χ3n) is 2.51. The molecule has 0 saturated carbocycles. The van der Waals surface area contributed by atoms with Crippen molar-refractivity contribution >= 4 is 18.3 Å². The molecule has 0 aliphatic heterocycles. The summed E-state index contributed by atoms with van der Waals surface area (Å²) in [7, 11) is -1.46. The van der Waals surface area contributed by atoms with Crippen LogP contribution in [0, 0.1) is 6.57 Å². The van der Waals surface area contributed by atoms with Crippen molar-refractivity contribution in [2.24, 2.45) is 0 Å². The molecule has 0 heterocycles. The zero-order valence-corrected chi connectivity index (χ0v) is 9.04. The van der Waals surface area contributed by atoms with Gasteiger partial charge in [-0.05, 0) is 16.6 Å². The maximum Gasteiger partial charge on any atom is 0.488 e. The number of nitrogens with zero attached hydrogens (tertiary/aromatic N) is 1. The molecule has 2 N–H and O–H groups in total. The molecule has 2 aromatic carbocycles. The highest BCUT2D eigenvalue weighted by Crippen LogP contribution is 2.21. The molecular weight excluding hydrogens is 213 g/mol. The molecule has 0 aromatic heterocycles. The third-order valence-corrected chi connectivity index (χ3v) is 2.51. The van der Waals surface area contributed by atoms with Gasteiger partial charge in [0.1, 0.15) is 0 Å². The quantitative estimate of drug-likeness (QED) is 0.599. The van der Waals surface area contributed by atoms with E-state index in [4.69, 9.17) is 16.6 Å². The standard InChI is InChI=1S/C13H10BNO2/c1-15-13-7-5-10(6-8-13)11-3-2-4-12(9-11)14(16)17/h2-9,16-17H. The van der Waals surface area contributed by atoms with Crippen LogP contribution in [0.5, 0.6) is 0 Å². The zero-order chi connectivity index (χ0) is 12.3. The first-order chi connectivity index (χ1) is 8.20. The number of rotatable bonds is 2. The Morgan fingerprint density at radius 3 is 2.24 bits per heavy atom. The smallest absolute Gasteiger partial charge is 0.423 e. The molecule has 0 amide bonds. The topological polar surface area (TPSA) is 44.8 Å². The Kier molecular flexibility index (Phi) is 3.24. The summed E-state index contributed by atoms with van der Waals surface area (Å²) in [5, 5.41) is 18.2. The Labute approximate surface area is 99.9 Å². The largest absolute Gasteiger partial charge is 0.488 e. The van der Waals surface area contributed by atoms with Gasteiger partial charge >= 0.3 is 7.12 Å². The van der Waals surface area contributed by atoms with Gasteiger partial charge in [-0.1, -0.05) is 48.5 Å². The molecule has 82 valence electrons. The van der Waals surface area contributed by atoms with Crippen LogP contribution in [0.25, 0.3) is 16.0 Å². The number of hydrogen-bond donors (Lipinski definition) is 2. The fraction of sp³-hybridized carbons (Fsp3) is 0. The SMILES string of the molecule is [C-]#[N+]c1ccc(-c2cccc(B(O)O)c2)cc1. The summed E-state index contributed by atoms with van der Waals surface area (Å²) in [5.41, 5.74) is 2.89. The normalized spacial score (nSPS) is 9.71. The van der Waals surface area contributed by atoms with E-state index in [9.17, 15) is 0 Å². The van der Waals surface area contributed by atoms with Crippen molar-refractivity contribution in [3.63, 3.8) is 0 Å². The average Bonchev–Trinajstić information content (AvgIpc) is 2.39. The fourth-order valence-corrected chi connectivity index (χ4v) is 1.61. The van der Waals surface area contributed by atoms with Crippen LogP contribution in [-0.2, 0) is 0 Å². The predicted octanol–water partition coefficient (Wildman–Crippen LogP) is 1.58. The molecule has 2 aromatic rings. The van der Waals surface area contributed by atoms with E-state index in [1.54, 1.807) is 30.3 Å². The zero-order valence-electron chi connectivity index (χ0n) is 9.04. The second-order valence-corrected chi connectivity index (χ2v) is 3.66. The van der Waals surface area contributed by atoms with Crippen molar-refractivity contribution in [2.75, 3.05) is 0 Å². The van der Waals surface area contributed by atoms with Crippen molar-refractivity contribution in [1.82, 2.24) is 0 Å². The molecule has 0 aliphatic carbocycles. The summed E-state index contributed by atoms with van der Waals surface area (Å²) in [6.07, 6.45) is 0. The van der Waals surface area contributed by atoms with E-state index < -0.39 is 7.12 Å². The summed E-state index contributed by atoms with van der Waals surface area (Å²) in [6, 6.07) is 14.2. The molecule has 2 rings (SSSR count). The van der Waals surface area contributed by atoms with E-state index in [-0.39, 0.29) is 0 Å². The molecule has 0 aliphatic rings. The third kappa shape index (κ3) is 2.54. The van der Waals surface area contributed by atoms with Crippen LogP contribution in [0.3, 0.4) is 0 Å². The second kappa shape index (κ2) is 4.83. The number of hydrogen-bond acceptors (Lipinski definition) is 2. The molecule has 4 heteroatoms. The highest BCUT2D eigenvalue weighted by molar-refractivity contribution is 6.58. The van der Waals surface area contributed by atoms with E-state index in [0.29, 0.717) is 11.2 Å². The summed E-state index contributed by atoms with van der Waals surface area (Å²) in [5.74, 6) is 0. The highest BCUT2D eigenvalue weighted by Gasteiger charge is 2.11. The van der Waals surface area contributed by atoms with Gasteiger partial charge in [0.2, 0.25) is 0 Å². The van der Waals surface area contributed by atoms with Crippen LogP contribution in [0.15, 0.2) is 48.5 Å². The van der Waals surface area contributed by atoms with Gasteiger partial charge < -0.3 is 10.0 Å². The highest BCUT2D eigenvalue weighted by atomic mass is 16.4. The molecule has 17 heavy (non-hydrogen) atoms. The second-order valence-electron chi connectivity index (χ2n) is 3.66. The Balaban J connectivity index is 2.39. The first kappa shape index (κ1) is 11.4. The van der Waals surface area contributed by atoms with Gasteiger partial charge in [-0.15, -0.1) is 0 Å². The van der Waals surface area contributed by atoms with Gasteiger partial charge in [0.25, 0.3) is 0 Å². The van der Waals surface area contributed by atoms with Gasteiger partial charge in [0, 0.05) is 0 Å². The molecule has 0 bridgehead atoms. The monoisotopic (exact) mass is 223 g/mol. The van der Waals surface area contributed by atoms with Gasteiger partial charge in [0.05, 0.1) is 6.57 Å². The molecule has 0 spiro atoms. The Hall–Kier alpha value is -2.09. The van der Waals surface area contributed by atoms with Crippen LogP contribution in [0.2, 0.25) is 0 Å². The molecule has 0 radical (unpaired) electrons. The number of benzene rings is 2. The van der Waals surface area contributed by atoms with Crippen LogP contribution in [0.4, 0.5) is 5.69 Å². The van der Waals surface area contributed by atoms with Crippen molar-refractivity contribution < 1.29 is 10.0 Å². The Morgan fingerprint density at radius 1 is 0.941 bits per heavy atom. The Bertz CT molecular complexity index is 558. The van der Waals surface area contributed by atoms with Crippen molar-refractivity contribution in [1.29, 1.82) is 0 Å². The van der Waals surface area contributed by atoms with E-state index in [1.165, 1.54) is 0 Å². The molecule has 0 fully saturated rings. The van der Waals surface area contributed by atoms with Crippen LogP contribution in [-0.4, -0.2) is 17.2 Å². The van der Waals surface area contributed by atoms with Crippen LogP contribution < -0.4 is 5.46 Å². The summed E-state index contributed by atoms with van der Waals surface area (Å²) in [4.78, 5) is 3.32. The van der Waals surface area contributed by atoms with E-state index >= 15 is 0 Å². The van der Waals surface area contributed by atoms with Crippen molar-refractivity contribution in [3.8, 4) is 11.1 Å². The molecule has 0 saturated heterocycles. The maximum atomic E-state index is 9.09. The molecule has 0 unspecified atom stereocenters. The lowest BCUT2D eigenvalue weighted by Gasteiger charge is -2.05. The van der Waals surface area contributed by atoms with Crippen molar-refractivity contribution in [2.45, 2.75) is 0 Å². The summed E-state index contributed by atoms with van der Waals surface area (Å²) >= 11 is 0. The van der Waals surface area contributed by atoms with Crippen molar-refractivity contribution in [3.05, 3.63) is 59.9 Å². The lowest BCUT2D eigenvalue weighted by molar-refractivity contribution is 0.426. The van der Waals surface area contributed by atoms with Crippen LogP contribution >= 0.6 is 0 Å². The minimum atomic E-state index is -1.46. The summed E-state index contributed by atoms with van der Waals surface area (Å²) < 4.78 is 0. The van der Waals surface area contributed by atoms with E-state index in [0.717, 1.165) is 11.1 Å². The van der Waals surface area contributed by atoms with Gasteiger partial charge in [-0.2, -0.15) is 0 Å². The first-order valence-electron chi connectivity index (χ1n) is 5.15. The average molecular weight is 223 g/mol. The lowest BCUT2D eigenvalue weighted by Crippen LogP contribution is -2.29. The Morgan fingerprint density at radius 2 is 1.65 bits per heavy atom. The minimum Gasteiger partial charge on any atom is -0.423 e. The van der Waals surface area contributed by atoms with Crippen LogP contribution in [0.1, 0.15) is 0 Å². The molecule has 0 atom stereocenters. The summed E-state index contributed by atoms with van der Waals surface area (Å²) in [6.45, 7) is 6.87. The fourth-order valence-electron chi connectivity index (χ4n) is 1.61. The predicted molar refractivity (Wildman–Crippen MR) is 68.0 cm³/mol.